The molecule has 22 heavy (non-hydrogen) atoms. The average molecular weight is 313 g/mol. The van der Waals surface area contributed by atoms with E-state index >= 15 is 0 Å². The quantitative estimate of drug-likeness (QED) is 0.752. The van der Waals surface area contributed by atoms with Crippen molar-refractivity contribution < 1.29 is 4.79 Å². The number of aromatic nitrogens is 2. The van der Waals surface area contributed by atoms with Gasteiger partial charge in [-0.1, -0.05) is 32.0 Å². The number of carbonyl (C=O) groups excluding carboxylic acids is 1. The number of anilines is 1. The lowest BCUT2D eigenvalue weighted by molar-refractivity contribution is -0.116. The van der Waals surface area contributed by atoms with Crippen molar-refractivity contribution in [2.45, 2.75) is 39.5 Å². The summed E-state index contributed by atoms with van der Waals surface area (Å²) >= 11 is 1.70. The molecular formula is C17H19N3OS. The summed E-state index contributed by atoms with van der Waals surface area (Å²) in [5, 5.41) is 5.13. The fraction of sp³-hybridized carbons (Fsp3) is 0.353. The van der Waals surface area contributed by atoms with Crippen molar-refractivity contribution in [2.24, 2.45) is 0 Å². The minimum absolute atomic E-state index is 0.00313. The van der Waals surface area contributed by atoms with Crippen LogP contribution in [0.3, 0.4) is 0 Å². The third-order valence-corrected chi connectivity index (χ3v) is 4.62. The normalized spacial score (nSPS) is 11.2. The fourth-order valence-corrected chi connectivity index (χ4v) is 3.67. The summed E-state index contributed by atoms with van der Waals surface area (Å²) in [6, 6.07) is 8.02. The lowest BCUT2D eigenvalue weighted by atomic mass is 10.2. The first kappa shape index (κ1) is 14.9. The molecule has 1 amide bonds. The van der Waals surface area contributed by atoms with E-state index in [1.165, 1.54) is 0 Å². The minimum atomic E-state index is -0.00313. The molecule has 0 aliphatic carbocycles. The summed E-state index contributed by atoms with van der Waals surface area (Å²) in [6.07, 6.45) is 3.33. The van der Waals surface area contributed by atoms with E-state index < -0.39 is 0 Å². The zero-order valence-corrected chi connectivity index (χ0v) is 13.7. The van der Waals surface area contributed by atoms with E-state index in [4.69, 9.17) is 4.98 Å². The topological polar surface area (TPSA) is 54.9 Å². The molecule has 0 bridgehead atoms. The average Bonchev–Trinajstić information content (AvgIpc) is 2.92. The molecule has 0 spiro atoms. The Bertz CT molecular complexity index is 825. The number of carbonyl (C=O) groups is 1. The number of amides is 1. The standard InChI is InChI=1S/C17H19N3OS/c1-3-7-13(21)19-17-15-16(22-14(20-15)8-4-2)11-9-5-6-10-12(11)18-17/h5-6,9-10H,3-4,7-8H2,1-2H3,(H,18,19,21). The van der Waals surface area contributed by atoms with Crippen LogP contribution in [-0.4, -0.2) is 15.9 Å². The summed E-state index contributed by atoms with van der Waals surface area (Å²) in [7, 11) is 0. The molecule has 2 aromatic heterocycles. The number of nitrogens with one attached hydrogen (secondary N) is 1. The highest BCUT2D eigenvalue weighted by atomic mass is 32.1. The Labute approximate surface area is 133 Å². The maximum Gasteiger partial charge on any atom is 0.225 e. The lowest BCUT2D eigenvalue weighted by Gasteiger charge is -2.06. The smallest absolute Gasteiger partial charge is 0.225 e. The van der Waals surface area contributed by atoms with Gasteiger partial charge in [-0.05, 0) is 25.3 Å². The summed E-state index contributed by atoms with van der Waals surface area (Å²) in [6.45, 7) is 4.14. The highest BCUT2D eigenvalue weighted by Gasteiger charge is 2.15. The second-order valence-electron chi connectivity index (χ2n) is 5.31. The van der Waals surface area contributed by atoms with E-state index in [-0.39, 0.29) is 5.91 Å². The van der Waals surface area contributed by atoms with Crippen LogP contribution < -0.4 is 5.32 Å². The van der Waals surface area contributed by atoms with Gasteiger partial charge in [0.15, 0.2) is 5.82 Å². The Hall–Kier alpha value is -2.01. The van der Waals surface area contributed by atoms with E-state index in [1.54, 1.807) is 11.3 Å². The number of nitrogens with zero attached hydrogens (tertiary/aromatic N) is 2. The van der Waals surface area contributed by atoms with Crippen LogP contribution in [0.25, 0.3) is 21.1 Å². The van der Waals surface area contributed by atoms with Crippen molar-refractivity contribution in [3.8, 4) is 0 Å². The Balaban J connectivity index is 2.17. The van der Waals surface area contributed by atoms with E-state index in [9.17, 15) is 4.79 Å². The second-order valence-corrected chi connectivity index (χ2v) is 6.39. The van der Waals surface area contributed by atoms with Crippen LogP contribution in [0.4, 0.5) is 5.82 Å². The van der Waals surface area contributed by atoms with E-state index in [0.717, 1.165) is 45.4 Å². The zero-order chi connectivity index (χ0) is 15.5. The molecule has 0 saturated heterocycles. The van der Waals surface area contributed by atoms with E-state index in [0.29, 0.717) is 12.2 Å². The van der Waals surface area contributed by atoms with Gasteiger partial charge in [0.05, 0.1) is 15.2 Å². The molecule has 5 heteroatoms. The monoisotopic (exact) mass is 313 g/mol. The van der Waals surface area contributed by atoms with E-state index in [2.05, 4.69) is 23.3 Å². The fourth-order valence-electron chi connectivity index (χ4n) is 2.47. The molecule has 0 atom stereocenters. The largest absolute Gasteiger partial charge is 0.309 e. The molecule has 3 rings (SSSR count). The summed E-state index contributed by atoms with van der Waals surface area (Å²) in [5.41, 5.74) is 1.71. The van der Waals surface area contributed by atoms with Crippen molar-refractivity contribution >= 4 is 44.2 Å². The Morgan fingerprint density at radius 2 is 2.00 bits per heavy atom. The number of rotatable bonds is 5. The molecule has 1 N–H and O–H groups in total. The number of hydrogen-bond donors (Lipinski definition) is 1. The van der Waals surface area contributed by atoms with Gasteiger partial charge < -0.3 is 5.32 Å². The summed E-state index contributed by atoms with van der Waals surface area (Å²) < 4.78 is 1.11. The van der Waals surface area contributed by atoms with Gasteiger partial charge in [0.2, 0.25) is 5.91 Å². The lowest BCUT2D eigenvalue weighted by Crippen LogP contribution is -2.12. The van der Waals surface area contributed by atoms with Crippen molar-refractivity contribution in [3.63, 3.8) is 0 Å². The molecule has 3 aromatic rings. The third-order valence-electron chi connectivity index (χ3n) is 3.48. The minimum Gasteiger partial charge on any atom is -0.309 e. The Kier molecular flexibility index (Phi) is 4.34. The van der Waals surface area contributed by atoms with Gasteiger partial charge in [0.1, 0.15) is 5.52 Å². The van der Waals surface area contributed by atoms with Crippen LogP contribution in [0.15, 0.2) is 24.3 Å². The van der Waals surface area contributed by atoms with Gasteiger partial charge in [-0.3, -0.25) is 4.79 Å². The molecule has 0 radical (unpaired) electrons. The maximum atomic E-state index is 11.9. The van der Waals surface area contributed by atoms with Crippen LogP contribution in [0, 0.1) is 0 Å². The number of fused-ring (bicyclic) bond motifs is 3. The van der Waals surface area contributed by atoms with Crippen molar-refractivity contribution in [2.75, 3.05) is 5.32 Å². The molecule has 0 unspecified atom stereocenters. The molecule has 0 saturated carbocycles. The zero-order valence-electron chi connectivity index (χ0n) is 12.8. The van der Waals surface area contributed by atoms with Gasteiger partial charge in [0.25, 0.3) is 0 Å². The van der Waals surface area contributed by atoms with Gasteiger partial charge in [-0.15, -0.1) is 11.3 Å². The van der Waals surface area contributed by atoms with Crippen molar-refractivity contribution in [3.05, 3.63) is 29.3 Å². The van der Waals surface area contributed by atoms with E-state index in [1.807, 2.05) is 25.1 Å². The van der Waals surface area contributed by atoms with Crippen molar-refractivity contribution in [1.82, 2.24) is 9.97 Å². The Morgan fingerprint density at radius 1 is 1.18 bits per heavy atom. The molecule has 4 nitrogen and oxygen atoms in total. The highest BCUT2D eigenvalue weighted by Crippen LogP contribution is 2.34. The number of pyridine rings is 1. The molecule has 0 aliphatic heterocycles. The van der Waals surface area contributed by atoms with Crippen LogP contribution in [0.5, 0.6) is 0 Å². The SMILES string of the molecule is CCCC(=O)Nc1nc2ccccc2c2sc(CCC)nc12. The molecule has 114 valence electrons. The predicted molar refractivity (Wildman–Crippen MR) is 92.5 cm³/mol. The number of hydrogen-bond acceptors (Lipinski definition) is 4. The molecule has 2 heterocycles. The third kappa shape index (κ3) is 2.81. The van der Waals surface area contributed by atoms with Crippen LogP contribution in [0.1, 0.15) is 38.1 Å². The second kappa shape index (κ2) is 6.40. The van der Waals surface area contributed by atoms with Crippen LogP contribution in [0.2, 0.25) is 0 Å². The van der Waals surface area contributed by atoms with Gasteiger partial charge in [-0.2, -0.15) is 0 Å². The van der Waals surface area contributed by atoms with Crippen LogP contribution in [-0.2, 0) is 11.2 Å². The maximum absolute atomic E-state index is 11.9. The number of aryl methyl sites for hydroxylation is 1. The first-order valence-corrected chi connectivity index (χ1v) is 8.52. The highest BCUT2D eigenvalue weighted by molar-refractivity contribution is 7.19. The molecular weight excluding hydrogens is 294 g/mol. The van der Waals surface area contributed by atoms with Gasteiger partial charge in [-0.25, -0.2) is 9.97 Å². The summed E-state index contributed by atoms with van der Waals surface area (Å²) in [4.78, 5) is 21.3. The number of thiazole rings is 1. The number of benzene rings is 1. The molecule has 0 aliphatic rings. The summed E-state index contributed by atoms with van der Waals surface area (Å²) in [5.74, 6) is 0.586. The van der Waals surface area contributed by atoms with Crippen LogP contribution >= 0.6 is 11.3 Å². The molecule has 0 fully saturated rings. The van der Waals surface area contributed by atoms with Gasteiger partial charge in [0, 0.05) is 11.8 Å². The van der Waals surface area contributed by atoms with Gasteiger partial charge >= 0.3 is 0 Å². The number of para-hydroxylation sites is 1. The predicted octanol–water partition coefficient (Wildman–Crippen LogP) is 4.54. The first-order valence-electron chi connectivity index (χ1n) is 7.71. The Morgan fingerprint density at radius 3 is 2.77 bits per heavy atom. The van der Waals surface area contributed by atoms with Crippen molar-refractivity contribution in [1.29, 1.82) is 0 Å². The first-order chi connectivity index (χ1) is 10.7. The molecule has 1 aromatic carbocycles.